The number of hydrogen-bond donors (Lipinski definition) is 1. The molecule has 0 saturated heterocycles. The van der Waals surface area contributed by atoms with Gasteiger partial charge in [0.15, 0.2) is 7.37 Å². The Hall–Kier alpha value is -1.91. The molecule has 7 heteroatoms. The summed E-state index contributed by atoms with van der Waals surface area (Å²) in [4.78, 5) is 13.8. The predicted octanol–water partition coefficient (Wildman–Crippen LogP) is 5.98. The summed E-state index contributed by atoms with van der Waals surface area (Å²) in [7, 11) is -1.53. The lowest BCUT2D eigenvalue weighted by molar-refractivity contribution is 0.199. The van der Waals surface area contributed by atoms with Crippen molar-refractivity contribution in [1.29, 1.82) is 0 Å². The van der Waals surface area contributed by atoms with Crippen molar-refractivity contribution >= 4 is 7.37 Å². The highest BCUT2D eigenvalue weighted by atomic mass is 31.2. The highest BCUT2D eigenvalue weighted by Crippen LogP contribution is 2.50. The average molecular weight is 462 g/mol. The number of hydrogen-bond acceptors (Lipinski definition) is 4. The van der Waals surface area contributed by atoms with Crippen LogP contribution in [0.15, 0.2) is 36.5 Å². The van der Waals surface area contributed by atoms with Crippen molar-refractivity contribution in [1.82, 2.24) is 4.98 Å². The molecule has 1 heterocycles. The molecule has 2 aliphatic carbocycles. The van der Waals surface area contributed by atoms with Crippen molar-refractivity contribution in [3.63, 3.8) is 0 Å². The topological polar surface area (TPSA) is 68.7 Å². The summed E-state index contributed by atoms with van der Waals surface area (Å²) in [6.45, 7) is 2.09. The van der Waals surface area contributed by atoms with E-state index < -0.39 is 7.37 Å². The van der Waals surface area contributed by atoms with Crippen LogP contribution in [-0.2, 0) is 4.57 Å². The van der Waals surface area contributed by atoms with Gasteiger partial charge in [0.05, 0.1) is 19.9 Å². The SMILES string of the molecule is COc1cc([C@H]2CC[C@H](COc3cccc([C@@H](CP(C)(=O)O)C4CC4)c3)CC2)c(F)cn1. The van der Waals surface area contributed by atoms with Gasteiger partial charge in [0.2, 0.25) is 5.88 Å². The molecule has 2 atom stereocenters. The molecule has 1 aromatic carbocycles. The molecule has 32 heavy (non-hydrogen) atoms. The molecule has 2 saturated carbocycles. The Kier molecular flexibility index (Phi) is 7.21. The zero-order chi connectivity index (χ0) is 22.7. The predicted molar refractivity (Wildman–Crippen MR) is 123 cm³/mol. The van der Waals surface area contributed by atoms with Gasteiger partial charge in [0.25, 0.3) is 0 Å². The normalized spacial score (nSPS) is 23.9. The maximum atomic E-state index is 14.2. The van der Waals surface area contributed by atoms with Crippen molar-refractivity contribution in [3.05, 3.63) is 53.5 Å². The fourth-order valence-electron chi connectivity index (χ4n) is 4.94. The van der Waals surface area contributed by atoms with Crippen LogP contribution in [0.25, 0.3) is 0 Å². The van der Waals surface area contributed by atoms with E-state index in [1.54, 1.807) is 13.2 Å². The third kappa shape index (κ3) is 6.11. The second-order valence-electron chi connectivity index (χ2n) is 9.53. The first-order valence-electron chi connectivity index (χ1n) is 11.5. The van der Waals surface area contributed by atoms with Crippen LogP contribution in [0.1, 0.15) is 61.5 Å². The molecule has 0 spiro atoms. The molecule has 174 valence electrons. The molecule has 0 aliphatic heterocycles. The van der Waals surface area contributed by atoms with E-state index in [9.17, 15) is 13.8 Å². The van der Waals surface area contributed by atoms with Crippen LogP contribution in [0, 0.1) is 17.7 Å². The second kappa shape index (κ2) is 9.93. The van der Waals surface area contributed by atoms with Gasteiger partial charge < -0.3 is 14.4 Å². The van der Waals surface area contributed by atoms with E-state index in [1.165, 1.54) is 12.9 Å². The van der Waals surface area contributed by atoms with E-state index in [-0.39, 0.29) is 17.7 Å². The van der Waals surface area contributed by atoms with Crippen molar-refractivity contribution in [2.45, 2.75) is 50.4 Å². The smallest absolute Gasteiger partial charge is 0.213 e. The lowest BCUT2D eigenvalue weighted by Crippen LogP contribution is -2.20. The molecule has 1 aromatic heterocycles. The van der Waals surface area contributed by atoms with Crippen LogP contribution in [0.4, 0.5) is 4.39 Å². The molecule has 5 nitrogen and oxygen atoms in total. The molecule has 2 fully saturated rings. The summed E-state index contributed by atoms with van der Waals surface area (Å²) in [5.74, 6) is 2.28. The summed E-state index contributed by atoms with van der Waals surface area (Å²) in [5.41, 5.74) is 1.80. The maximum absolute atomic E-state index is 14.2. The summed E-state index contributed by atoms with van der Waals surface area (Å²) in [5, 5.41) is 0. The molecule has 1 N–H and O–H groups in total. The molecular weight excluding hydrogens is 428 g/mol. The monoisotopic (exact) mass is 461 g/mol. The maximum Gasteiger partial charge on any atom is 0.213 e. The number of nitrogens with zero attached hydrogens (tertiary/aromatic N) is 1. The zero-order valence-electron chi connectivity index (χ0n) is 18.9. The van der Waals surface area contributed by atoms with Gasteiger partial charge in [0, 0.05) is 18.9 Å². The molecule has 0 radical (unpaired) electrons. The van der Waals surface area contributed by atoms with Crippen LogP contribution >= 0.6 is 7.37 Å². The zero-order valence-corrected chi connectivity index (χ0v) is 19.8. The highest BCUT2D eigenvalue weighted by Gasteiger charge is 2.35. The number of ether oxygens (including phenoxy) is 2. The quantitative estimate of drug-likeness (QED) is 0.466. The Bertz CT molecular complexity index is 966. The first-order valence-corrected chi connectivity index (χ1v) is 13.8. The Morgan fingerprint density at radius 3 is 2.59 bits per heavy atom. The van der Waals surface area contributed by atoms with Gasteiger partial charge in [-0.1, -0.05) is 12.1 Å². The van der Waals surface area contributed by atoms with Gasteiger partial charge in [-0.15, -0.1) is 0 Å². The van der Waals surface area contributed by atoms with Crippen molar-refractivity contribution in [2.75, 3.05) is 26.5 Å². The van der Waals surface area contributed by atoms with Gasteiger partial charge in [-0.05, 0) is 85.5 Å². The Balaban J connectivity index is 1.32. The van der Waals surface area contributed by atoms with Crippen LogP contribution < -0.4 is 9.47 Å². The van der Waals surface area contributed by atoms with Gasteiger partial charge in [-0.3, -0.25) is 4.57 Å². The van der Waals surface area contributed by atoms with Gasteiger partial charge in [0.1, 0.15) is 11.6 Å². The van der Waals surface area contributed by atoms with E-state index in [0.717, 1.165) is 49.8 Å². The van der Waals surface area contributed by atoms with Gasteiger partial charge in [-0.25, -0.2) is 9.37 Å². The van der Waals surface area contributed by atoms with Crippen molar-refractivity contribution in [2.24, 2.45) is 11.8 Å². The molecular formula is C25H33FNO4P. The Labute approximate surface area is 189 Å². The number of methoxy groups -OCH3 is 1. The number of benzene rings is 1. The first kappa shape index (κ1) is 23.3. The number of pyridine rings is 1. The minimum Gasteiger partial charge on any atom is -0.493 e. The fourth-order valence-corrected chi connectivity index (χ4v) is 6.18. The van der Waals surface area contributed by atoms with Crippen LogP contribution in [0.5, 0.6) is 11.6 Å². The van der Waals surface area contributed by atoms with E-state index in [1.807, 2.05) is 24.3 Å². The lowest BCUT2D eigenvalue weighted by Gasteiger charge is -2.29. The van der Waals surface area contributed by atoms with E-state index >= 15 is 0 Å². The Morgan fingerprint density at radius 1 is 1.19 bits per heavy atom. The minimum absolute atomic E-state index is 0.127. The second-order valence-corrected chi connectivity index (χ2v) is 12.0. The minimum atomic E-state index is -3.07. The summed E-state index contributed by atoms with van der Waals surface area (Å²) in [6, 6.07) is 9.76. The van der Waals surface area contributed by atoms with Crippen LogP contribution in [0.3, 0.4) is 0 Å². The van der Waals surface area contributed by atoms with Gasteiger partial charge in [-0.2, -0.15) is 0 Å². The van der Waals surface area contributed by atoms with Crippen molar-refractivity contribution < 1.29 is 23.3 Å². The van der Waals surface area contributed by atoms with Crippen LogP contribution in [-0.4, -0.2) is 36.4 Å². The summed E-state index contributed by atoms with van der Waals surface area (Å²) >= 11 is 0. The molecule has 2 aromatic rings. The summed E-state index contributed by atoms with van der Waals surface area (Å²) in [6.07, 6.45) is 7.66. The average Bonchev–Trinajstić information content (AvgIpc) is 3.62. The molecule has 2 aliphatic rings. The van der Waals surface area contributed by atoms with Gasteiger partial charge >= 0.3 is 0 Å². The molecule has 4 rings (SSSR count). The number of halogens is 1. The standard InChI is InChI=1S/C25H33FNO4P/c1-30-25-13-22(24(26)14-27-25)18-8-6-17(7-9-18)15-31-21-5-3-4-20(12-21)23(19-10-11-19)16-32(2,28)29/h3-5,12-14,17-19,23H,6-11,15-16H2,1-2H3,(H,28,29)/t17-,18-,23-/m0/s1. The number of aromatic nitrogens is 1. The summed E-state index contributed by atoms with van der Waals surface area (Å²) < 4.78 is 37.6. The lowest BCUT2D eigenvalue weighted by atomic mass is 9.79. The number of rotatable bonds is 9. The third-order valence-electron chi connectivity index (χ3n) is 6.85. The Morgan fingerprint density at radius 2 is 1.94 bits per heavy atom. The molecule has 1 unspecified atom stereocenters. The molecule has 0 amide bonds. The third-order valence-corrected chi connectivity index (χ3v) is 7.92. The van der Waals surface area contributed by atoms with Crippen molar-refractivity contribution in [3.8, 4) is 11.6 Å². The largest absolute Gasteiger partial charge is 0.493 e. The van der Waals surface area contributed by atoms with E-state index in [4.69, 9.17) is 9.47 Å². The van der Waals surface area contributed by atoms with E-state index in [2.05, 4.69) is 4.98 Å². The fraction of sp³-hybridized carbons (Fsp3) is 0.560. The van der Waals surface area contributed by atoms with Crippen LogP contribution in [0.2, 0.25) is 0 Å². The molecule has 0 bridgehead atoms. The van der Waals surface area contributed by atoms with E-state index in [0.29, 0.717) is 36.0 Å². The first-order chi connectivity index (χ1) is 15.3. The highest BCUT2D eigenvalue weighted by molar-refractivity contribution is 7.57.